The standard InChI is InChI=1S/C29H46N4O6/c1-7-8-13-31(14-9-16-33(4,5)6)27(35)19-32-18-23(22-10-11-25-26(17-22)39-20-38-25)28(29(36)37)24(32)12-15-30(3)21(2)34/h10-11,17,23-24,28H,7-9,12-16,18-20H2,1-6H3/p+1/t23-,24+,28-/m1/s1. The smallest absolute Gasteiger partial charge is 0.308 e. The van der Waals surface area contributed by atoms with Gasteiger partial charge in [-0.25, -0.2) is 0 Å². The third kappa shape index (κ3) is 8.32. The lowest BCUT2D eigenvalue weighted by Crippen LogP contribution is -2.46. The largest absolute Gasteiger partial charge is 0.481 e. The van der Waals surface area contributed by atoms with E-state index in [4.69, 9.17) is 9.47 Å². The number of unbranched alkanes of at least 4 members (excludes halogenated alkanes) is 1. The summed E-state index contributed by atoms with van der Waals surface area (Å²) in [6.07, 6.45) is 3.30. The Bertz CT molecular complexity index is 1010. The number of likely N-dealkylation sites (tertiary alicyclic amines) is 1. The van der Waals surface area contributed by atoms with Crippen molar-refractivity contribution >= 4 is 17.8 Å². The molecular weight excluding hydrogens is 500 g/mol. The molecule has 2 aliphatic rings. The molecule has 39 heavy (non-hydrogen) atoms. The highest BCUT2D eigenvalue weighted by atomic mass is 16.7. The molecule has 218 valence electrons. The summed E-state index contributed by atoms with van der Waals surface area (Å²) in [6.45, 7) is 7.14. The zero-order chi connectivity index (χ0) is 28.7. The molecule has 0 aromatic heterocycles. The van der Waals surface area contributed by atoms with Gasteiger partial charge in [0.25, 0.3) is 0 Å². The molecule has 0 unspecified atom stereocenters. The van der Waals surface area contributed by atoms with Gasteiger partial charge in [0.05, 0.1) is 40.2 Å². The van der Waals surface area contributed by atoms with E-state index < -0.39 is 11.9 Å². The number of carboxylic acids is 1. The molecule has 0 spiro atoms. The van der Waals surface area contributed by atoms with Crippen LogP contribution >= 0.6 is 0 Å². The van der Waals surface area contributed by atoms with Crippen LogP contribution in [0.3, 0.4) is 0 Å². The molecule has 2 aliphatic heterocycles. The first kappa shape index (κ1) is 30.7. The van der Waals surface area contributed by atoms with Crippen LogP contribution in [0.5, 0.6) is 11.5 Å². The number of carbonyl (C=O) groups excluding carboxylic acids is 2. The number of benzene rings is 1. The first-order valence-corrected chi connectivity index (χ1v) is 14.1. The third-order valence-corrected chi connectivity index (χ3v) is 7.89. The van der Waals surface area contributed by atoms with E-state index in [9.17, 15) is 19.5 Å². The summed E-state index contributed by atoms with van der Waals surface area (Å²) >= 11 is 0. The van der Waals surface area contributed by atoms with Crippen LogP contribution in [-0.2, 0) is 14.4 Å². The second-order valence-corrected chi connectivity index (χ2v) is 11.9. The molecule has 0 radical (unpaired) electrons. The molecule has 2 heterocycles. The lowest BCUT2D eigenvalue weighted by Gasteiger charge is -2.31. The average molecular weight is 548 g/mol. The number of fused-ring (bicyclic) bond motifs is 1. The number of aliphatic carboxylic acids is 1. The highest BCUT2D eigenvalue weighted by Gasteiger charge is 2.47. The van der Waals surface area contributed by atoms with Gasteiger partial charge in [-0.15, -0.1) is 0 Å². The number of carboxylic acid groups (broad SMARTS) is 1. The number of nitrogens with zero attached hydrogens (tertiary/aromatic N) is 4. The summed E-state index contributed by atoms with van der Waals surface area (Å²) in [7, 11) is 8.16. The number of carbonyl (C=O) groups is 3. The van der Waals surface area contributed by atoms with Crippen LogP contribution in [0.2, 0.25) is 0 Å². The number of hydrogen-bond donors (Lipinski definition) is 1. The molecule has 0 bridgehead atoms. The van der Waals surface area contributed by atoms with Crippen molar-refractivity contribution in [1.29, 1.82) is 0 Å². The van der Waals surface area contributed by atoms with Crippen molar-refractivity contribution in [2.75, 3.05) is 74.3 Å². The van der Waals surface area contributed by atoms with Crippen LogP contribution < -0.4 is 9.47 Å². The molecule has 1 aromatic rings. The normalized spacial score (nSPS) is 20.7. The van der Waals surface area contributed by atoms with Gasteiger partial charge >= 0.3 is 5.97 Å². The molecule has 3 rings (SSSR count). The maximum absolute atomic E-state index is 13.7. The summed E-state index contributed by atoms with van der Waals surface area (Å²) in [5.74, 6) is -0.713. The van der Waals surface area contributed by atoms with Crippen LogP contribution in [-0.4, -0.2) is 122 Å². The number of amides is 2. The van der Waals surface area contributed by atoms with Crippen LogP contribution in [0.4, 0.5) is 0 Å². The molecule has 0 aliphatic carbocycles. The van der Waals surface area contributed by atoms with E-state index in [1.807, 2.05) is 28.0 Å². The van der Waals surface area contributed by atoms with E-state index in [2.05, 4.69) is 28.1 Å². The SMILES string of the molecule is CCCCN(CCC[N+](C)(C)C)C(=O)CN1C[C@H](c2ccc3c(c2)OCO3)[C@@H](C(=O)O)[C@@H]1CCN(C)C(C)=O. The van der Waals surface area contributed by atoms with E-state index in [0.717, 1.165) is 35.9 Å². The molecule has 1 aromatic carbocycles. The minimum atomic E-state index is -0.895. The Hall–Kier alpha value is -2.85. The Morgan fingerprint density at radius 3 is 2.41 bits per heavy atom. The molecule has 10 heteroatoms. The quantitative estimate of drug-likeness (QED) is 0.357. The molecule has 1 saturated heterocycles. The summed E-state index contributed by atoms with van der Waals surface area (Å²) in [4.78, 5) is 43.8. The molecule has 1 fully saturated rings. The second kappa shape index (κ2) is 13.5. The van der Waals surface area contributed by atoms with Gasteiger partial charge in [-0.3, -0.25) is 19.3 Å². The van der Waals surface area contributed by atoms with Crippen molar-refractivity contribution in [3.05, 3.63) is 23.8 Å². The minimum absolute atomic E-state index is 0.0326. The Kier molecular flexibility index (Phi) is 10.6. The highest BCUT2D eigenvalue weighted by Crippen LogP contribution is 2.42. The zero-order valence-electron chi connectivity index (χ0n) is 24.5. The predicted octanol–water partition coefficient (Wildman–Crippen LogP) is 2.48. The summed E-state index contributed by atoms with van der Waals surface area (Å²) in [5, 5.41) is 10.4. The maximum Gasteiger partial charge on any atom is 0.308 e. The van der Waals surface area contributed by atoms with E-state index >= 15 is 0 Å². The van der Waals surface area contributed by atoms with Gasteiger partial charge < -0.3 is 28.9 Å². The fourth-order valence-electron chi connectivity index (χ4n) is 5.54. The zero-order valence-corrected chi connectivity index (χ0v) is 24.5. The van der Waals surface area contributed by atoms with Crippen LogP contribution in [0.25, 0.3) is 0 Å². The Balaban J connectivity index is 1.84. The van der Waals surface area contributed by atoms with E-state index in [-0.39, 0.29) is 37.1 Å². The first-order valence-electron chi connectivity index (χ1n) is 14.1. The van der Waals surface area contributed by atoms with Gasteiger partial charge in [0, 0.05) is 58.5 Å². The van der Waals surface area contributed by atoms with Crippen molar-refractivity contribution < 1.29 is 33.4 Å². The highest BCUT2D eigenvalue weighted by molar-refractivity contribution is 5.79. The van der Waals surface area contributed by atoms with Crippen LogP contribution in [0.1, 0.15) is 51.0 Å². The fourth-order valence-corrected chi connectivity index (χ4v) is 5.54. The molecular formula is C29H47N4O6+. The van der Waals surface area contributed by atoms with Crippen molar-refractivity contribution in [1.82, 2.24) is 14.7 Å². The Morgan fingerprint density at radius 2 is 1.77 bits per heavy atom. The van der Waals surface area contributed by atoms with Gasteiger partial charge in [0.1, 0.15) is 0 Å². The number of quaternary nitrogens is 1. The van der Waals surface area contributed by atoms with Crippen LogP contribution in [0.15, 0.2) is 18.2 Å². The summed E-state index contributed by atoms with van der Waals surface area (Å²) in [6, 6.07) is 5.20. The number of hydrogen-bond acceptors (Lipinski definition) is 6. The molecule has 0 saturated carbocycles. The van der Waals surface area contributed by atoms with Gasteiger partial charge in [0.2, 0.25) is 18.6 Å². The lowest BCUT2D eigenvalue weighted by molar-refractivity contribution is -0.870. The topological polar surface area (TPSA) is 99.6 Å². The van der Waals surface area contributed by atoms with Crippen molar-refractivity contribution in [3.63, 3.8) is 0 Å². The maximum atomic E-state index is 13.7. The van der Waals surface area contributed by atoms with Crippen molar-refractivity contribution in [2.45, 2.75) is 51.5 Å². The average Bonchev–Trinajstić information content (AvgIpc) is 3.47. The van der Waals surface area contributed by atoms with E-state index in [1.54, 1.807) is 11.9 Å². The van der Waals surface area contributed by atoms with E-state index in [1.165, 1.54) is 6.92 Å². The molecule has 3 atom stereocenters. The lowest BCUT2D eigenvalue weighted by atomic mass is 9.84. The van der Waals surface area contributed by atoms with Crippen molar-refractivity contribution in [2.24, 2.45) is 5.92 Å². The summed E-state index contributed by atoms with van der Waals surface area (Å²) in [5.41, 5.74) is 0.859. The van der Waals surface area contributed by atoms with Gasteiger partial charge in [-0.2, -0.15) is 0 Å². The summed E-state index contributed by atoms with van der Waals surface area (Å²) < 4.78 is 11.8. The van der Waals surface area contributed by atoms with E-state index in [0.29, 0.717) is 44.1 Å². The van der Waals surface area contributed by atoms with Crippen LogP contribution in [0, 0.1) is 5.92 Å². The van der Waals surface area contributed by atoms with Gasteiger partial charge in [-0.05, 0) is 30.5 Å². The first-order chi connectivity index (χ1) is 18.4. The van der Waals surface area contributed by atoms with Gasteiger partial charge in [0.15, 0.2) is 11.5 Å². The molecule has 2 amide bonds. The number of rotatable bonds is 14. The minimum Gasteiger partial charge on any atom is -0.481 e. The number of ether oxygens (including phenoxy) is 2. The monoisotopic (exact) mass is 547 g/mol. The Labute approximate surface area is 233 Å². The molecule has 1 N–H and O–H groups in total. The molecule has 10 nitrogen and oxygen atoms in total. The third-order valence-electron chi connectivity index (χ3n) is 7.89. The fraction of sp³-hybridized carbons (Fsp3) is 0.690. The second-order valence-electron chi connectivity index (χ2n) is 11.9. The van der Waals surface area contributed by atoms with Gasteiger partial charge in [-0.1, -0.05) is 19.4 Å². The Morgan fingerprint density at radius 1 is 1.08 bits per heavy atom. The van der Waals surface area contributed by atoms with Crippen molar-refractivity contribution in [3.8, 4) is 11.5 Å². The predicted molar refractivity (Wildman–Crippen MR) is 149 cm³/mol.